The minimum absolute atomic E-state index is 0.162. The molecule has 1 saturated heterocycles. The van der Waals surface area contributed by atoms with E-state index in [0.717, 1.165) is 22.3 Å². The summed E-state index contributed by atoms with van der Waals surface area (Å²) in [5.41, 5.74) is 4.30. The summed E-state index contributed by atoms with van der Waals surface area (Å²) in [6.45, 7) is 4.98. The number of halogens is 2. The number of nitrogens with one attached hydrogen (secondary N) is 1. The Labute approximate surface area is 263 Å². The normalized spacial score (nSPS) is 18.0. The van der Waals surface area contributed by atoms with Crippen LogP contribution in [-0.2, 0) is 21.3 Å². The lowest BCUT2D eigenvalue weighted by atomic mass is 9.98. The molecule has 0 radical (unpaired) electrons. The fourth-order valence-corrected chi connectivity index (χ4v) is 7.45. The van der Waals surface area contributed by atoms with E-state index in [4.69, 9.17) is 9.47 Å². The average molecular weight is 640 g/mol. The Balaban J connectivity index is 1.59. The monoisotopic (exact) mass is 639 g/mol. The second-order valence-corrected chi connectivity index (χ2v) is 13.4. The number of esters is 1. The fourth-order valence-electron chi connectivity index (χ4n) is 6.04. The molecule has 0 spiro atoms. The van der Waals surface area contributed by atoms with Crippen molar-refractivity contribution in [2.75, 3.05) is 33.9 Å². The van der Waals surface area contributed by atoms with Crippen LogP contribution in [0.4, 0.5) is 8.78 Å². The van der Waals surface area contributed by atoms with E-state index in [1.54, 1.807) is 55.8 Å². The summed E-state index contributed by atoms with van der Waals surface area (Å²) in [5, 5.41) is 3.92. The Morgan fingerprint density at radius 1 is 1.02 bits per heavy atom. The van der Waals surface area contributed by atoms with E-state index in [1.807, 2.05) is 32.0 Å². The van der Waals surface area contributed by atoms with Gasteiger partial charge in [-0.3, -0.25) is 4.90 Å². The number of fused-ring (bicyclic) bond motifs is 1. The molecule has 4 aromatic rings. The predicted molar refractivity (Wildman–Crippen MR) is 170 cm³/mol. The topological polar surface area (TPSA) is 89.9 Å². The van der Waals surface area contributed by atoms with E-state index in [9.17, 15) is 22.0 Å². The van der Waals surface area contributed by atoms with E-state index in [0.29, 0.717) is 41.9 Å². The third-order valence-electron chi connectivity index (χ3n) is 8.51. The van der Waals surface area contributed by atoms with E-state index in [1.165, 1.54) is 11.1 Å². The summed E-state index contributed by atoms with van der Waals surface area (Å²) in [7, 11) is -1.00. The lowest BCUT2D eigenvalue weighted by Crippen LogP contribution is -2.39. The Bertz CT molecular complexity index is 1770. The zero-order valence-corrected chi connectivity index (χ0v) is 26.8. The number of hydrogen-bond acceptors (Lipinski definition) is 7. The second-order valence-electron chi connectivity index (χ2n) is 11.6. The third kappa shape index (κ3) is 6.90. The summed E-state index contributed by atoms with van der Waals surface area (Å²) in [4.78, 5) is 14.4. The van der Waals surface area contributed by atoms with Crippen molar-refractivity contribution in [3.63, 3.8) is 0 Å². The number of aryl methyl sites for hydroxylation is 2. The number of alkyl halides is 2. The molecule has 0 aliphatic carbocycles. The molecular weight excluding hydrogens is 600 g/mol. The summed E-state index contributed by atoms with van der Waals surface area (Å²) in [5.74, 6) is -2.63. The molecule has 1 aliphatic heterocycles. The van der Waals surface area contributed by atoms with Crippen molar-refractivity contribution in [3.8, 4) is 5.75 Å². The fraction of sp³-hybridized carbons (Fsp3) is 0.382. The van der Waals surface area contributed by atoms with E-state index >= 15 is 0 Å². The molecule has 1 atom stereocenters. The van der Waals surface area contributed by atoms with Crippen LogP contribution >= 0.6 is 0 Å². The van der Waals surface area contributed by atoms with Crippen LogP contribution in [0.25, 0.3) is 10.9 Å². The average Bonchev–Trinajstić information content (AvgIpc) is 3.49. The van der Waals surface area contributed by atoms with E-state index < -0.39 is 21.9 Å². The first-order chi connectivity index (χ1) is 21.4. The largest absolute Gasteiger partial charge is 0.496 e. The number of benzene rings is 3. The highest BCUT2D eigenvalue weighted by Crippen LogP contribution is 2.37. The first-order valence-electron chi connectivity index (χ1n) is 15.0. The summed E-state index contributed by atoms with van der Waals surface area (Å²) >= 11 is 0. The van der Waals surface area contributed by atoms with Crippen LogP contribution in [0.15, 0.2) is 71.8 Å². The Morgan fingerprint density at radius 2 is 1.73 bits per heavy atom. The third-order valence-corrected chi connectivity index (χ3v) is 10.2. The highest BCUT2D eigenvalue weighted by Gasteiger charge is 2.32. The predicted octanol–water partition coefficient (Wildman–Crippen LogP) is 6.24. The van der Waals surface area contributed by atoms with Crippen LogP contribution in [0, 0.1) is 13.8 Å². The lowest BCUT2D eigenvalue weighted by molar-refractivity contribution is -0.0233. The maximum atomic E-state index is 14.6. The Kier molecular flexibility index (Phi) is 9.62. The number of ether oxygens (including phenoxy) is 2. The van der Waals surface area contributed by atoms with Crippen molar-refractivity contribution in [2.24, 2.45) is 0 Å². The highest BCUT2D eigenvalue weighted by atomic mass is 32.2. The van der Waals surface area contributed by atoms with Crippen molar-refractivity contribution in [1.82, 2.24) is 14.2 Å². The first-order valence-corrected chi connectivity index (χ1v) is 16.4. The molecule has 45 heavy (non-hydrogen) atoms. The second kappa shape index (κ2) is 13.3. The number of nitrogens with zero attached hydrogens (tertiary/aromatic N) is 2. The molecule has 0 amide bonds. The molecule has 0 bridgehead atoms. The number of carbonyl (C=O) groups excluding carboxylic acids is 1. The van der Waals surface area contributed by atoms with Crippen molar-refractivity contribution < 1.29 is 31.5 Å². The molecule has 1 fully saturated rings. The van der Waals surface area contributed by atoms with Gasteiger partial charge in [0, 0.05) is 55.7 Å². The molecule has 3 aromatic carbocycles. The Morgan fingerprint density at radius 3 is 2.40 bits per heavy atom. The maximum absolute atomic E-state index is 14.6. The van der Waals surface area contributed by atoms with Crippen molar-refractivity contribution in [1.29, 1.82) is 0 Å². The van der Waals surface area contributed by atoms with Crippen LogP contribution in [0.3, 0.4) is 0 Å². The first kappa shape index (κ1) is 32.6. The van der Waals surface area contributed by atoms with Crippen LogP contribution in [0.2, 0.25) is 0 Å². The van der Waals surface area contributed by atoms with Crippen LogP contribution < -0.4 is 10.1 Å². The zero-order valence-electron chi connectivity index (χ0n) is 26.0. The minimum Gasteiger partial charge on any atom is -0.496 e. The van der Waals surface area contributed by atoms with Gasteiger partial charge in [0.05, 0.1) is 30.2 Å². The van der Waals surface area contributed by atoms with Gasteiger partial charge in [0.2, 0.25) is 5.92 Å². The van der Waals surface area contributed by atoms with Gasteiger partial charge in [-0.15, -0.1) is 0 Å². The minimum atomic E-state index is -3.90. The summed E-state index contributed by atoms with van der Waals surface area (Å²) in [6, 6.07) is 17.2. The molecule has 0 saturated carbocycles. The maximum Gasteiger partial charge on any atom is 0.337 e. The molecule has 8 nitrogen and oxygen atoms in total. The molecule has 2 heterocycles. The van der Waals surface area contributed by atoms with Gasteiger partial charge in [0.1, 0.15) is 5.75 Å². The van der Waals surface area contributed by atoms with Crippen LogP contribution in [0.1, 0.15) is 57.9 Å². The van der Waals surface area contributed by atoms with Gasteiger partial charge in [-0.25, -0.2) is 26.0 Å². The molecular formula is C34H39F2N3O5S. The number of methoxy groups -OCH3 is 2. The van der Waals surface area contributed by atoms with E-state index in [-0.39, 0.29) is 36.7 Å². The molecule has 1 aliphatic rings. The van der Waals surface area contributed by atoms with Gasteiger partial charge < -0.3 is 14.8 Å². The Hall–Kier alpha value is -3.80. The van der Waals surface area contributed by atoms with Gasteiger partial charge in [-0.05, 0) is 74.3 Å². The number of hydrogen-bond donors (Lipinski definition) is 1. The molecule has 1 unspecified atom stereocenters. The lowest BCUT2D eigenvalue weighted by Gasteiger charge is -2.35. The van der Waals surface area contributed by atoms with E-state index in [2.05, 4.69) is 10.2 Å². The molecule has 11 heteroatoms. The van der Waals surface area contributed by atoms with Gasteiger partial charge in [0.15, 0.2) is 0 Å². The molecule has 5 rings (SSSR count). The number of rotatable bonds is 7. The standard InChI is InChI=1S/C34H39F2N3O5S/c1-23-6-12-27(13-7-23)45(41,42)39-19-14-28-29(31(43-3)20-24(2)32(28)39)22-38-18-5-15-34(35,36)16-17-37-21-30(38)25-8-10-26(11-9-25)33(40)44-4/h6-14,19-20,30,37H,5,15-18,21-22H2,1-4H3. The van der Waals surface area contributed by atoms with Gasteiger partial charge in [0.25, 0.3) is 10.0 Å². The SMILES string of the molecule is COC(=O)c1ccc(C2CNCCC(F)(F)CCCN2Cc2c(OC)cc(C)c3c2ccn3S(=O)(=O)c2ccc(C)cc2)cc1. The van der Waals surface area contributed by atoms with Crippen molar-refractivity contribution in [2.45, 2.75) is 56.5 Å². The molecule has 1 aromatic heterocycles. The number of aromatic nitrogens is 1. The van der Waals surface area contributed by atoms with Crippen LogP contribution in [-0.4, -0.2) is 63.0 Å². The van der Waals surface area contributed by atoms with Crippen molar-refractivity contribution in [3.05, 3.63) is 94.7 Å². The smallest absolute Gasteiger partial charge is 0.337 e. The number of carbonyl (C=O) groups is 1. The summed E-state index contributed by atoms with van der Waals surface area (Å²) in [6.07, 6.45) is 1.34. The van der Waals surface area contributed by atoms with Crippen molar-refractivity contribution >= 4 is 26.9 Å². The zero-order chi connectivity index (χ0) is 32.4. The van der Waals surface area contributed by atoms with Crippen LogP contribution in [0.5, 0.6) is 5.75 Å². The quantitative estimate of drug-likeness (QED) is 0.240. The van der Waals surface area contributed by atoms with Gasteiger partial charge in [-0.1, -0.05) is 29.8 Å². The molecule has 1 N–H and O–H groups in total. The molecule has 240 valence electrons. The van der Waals surface area contributed by atoms with Gasteiger partial charge >= 0.3 is 5.97 Å². The van der Waals surface area contributed by atoms with Gasteiger partial charge in [-0.2, -0.15) is 0 Å². The summed E-state index contributed by atoms with van der Waals surface area (Å²) < 4.78 is 68.7. The highest BCUT2D eigenvalue weighted by molar-refractivity contribution is 7.90.